The standard InChI is InChI=1S/C16H12Cl3NOS/c17-12-3-1-2-10(6-12)16-20(4-5-22-16)15(21)11-7-13(18)9-14(19)8-11/h1-3,6-9,16H,4-5H2. The average molecular weight is 373 g/mol. The summed E-state index contributed by atoms with van der Waals surface area (Å²) in [7, 11) is 0. The maximum atomic E-state index is 12.8. The van der Waals surface area contributed by atoms with Gasteiger partial charge in [0.1, 0.15) is 5.37 Å². The molecule has 1 amide bonds. The SMILES string of the molecule is O=C(c1cc(Cl)cc(Cl)c1)N1CCSC1c1cccc(Cl)c1. The lowest BCUT2D eigenvalue weighted by Crippen LogP contribution is -2.30. The molecular formula is C16H12Cl3NOS. The summed E-state index contributed by atoms with van der Waals surface area (Å²) < 4.78 is 0. The van der Waals surface area contributed by atoms with Crippen LogP contribution in [0.2, 0.25) is 15.1 Å². The molecule has 1 aliphatic heterocycles. The lowest BCUT2D eigenvalue weighted by atomic mass is 10.1. The number of benzene rings is 2. The first-order valence-corrected chi connectivity index (χ1v) is 8.87. The third-order valence-electron chi connectivity index (χ3n) is 3.40. The van der Waals surface area contributed by atoms with Crippen LogP contribution in [0.4, 0.5) is 0 Å². The van der Waals surface area contributed by atoms with Gasteiger partial charge >= 0.3 is 0 Å². The zero-order chi connectivity index (χ0) is 15.7. The van der Waals surface area contributed by atoms with Crippen LogP contribution in [-0.4, -0.2) is 23.1 Å². The van der Waals surface area contributed by atoms with Crippen molar-refractivity contribution in [1.29, 1.82) is 0 Å². The number of halogens is 3. The third kappa shape index (κ3) is 3.38. The summed E-state index contributed by atoms with van der Waals surface area (Å²) in [5.74, 6) is 0.816. The van der Waals surface area contributed by atoms with E-state index in [0.29, 0.717) is 27.2 Å². The highest BCUT2D eigenvalue weighted by Gasteiger charge is 2.31. The molecule has 1 heterocycles. The molecule has 1 aliphatic rings. The van der Waals surface area contributed by atoms with Crippen molar-refractivity contribution in [3.63, 3.8) is 0 Å². The molecule has 0 radical (unpaired) electrons. The van der Waals surface area contributed by atoms with Crippen molar-refractivity contribution >= 4 is 52.5 Å². The summed E-state index contributed by atoms with van der Waals surface area (Å²) in [5, 5.41) is 1.55. The summed E-state index contributed by atoms with van der Waals surface area (Å²) in [6.07, 6.45) is 0. The third-order valence-corrected chi connectivity index (χ3v) is 5.33. The number of thioether (sulfide) groups is 1. The van der Waals surface area contributed by atoms with Crippen molar-refractivity contribution in [2.24, 2.45) is 0 Å². The van der Waals surface area contributed by atoms with E-state index >= 15 is 0 Å². The molecule has 114 valence electrons. The first-order valence-electron chi connectivity index (χ1n) is 6.69. The van der Waals surface area contributed by atoms with E-state index in [4.69, 9.17) is 34.8 Å². The zero-order valence-electron chi connectivity index (χ0n) is 11.4. The van der Waals surface area contributed by atoms with Gasteiger partial charge in [0.15, 0.2) is 0 Å². The zero-order valence-corrected chi connectivity index (χ0v) is 14.5. The average Bonchev–Trinajstić information content (AvgIpc) is 2.94. The smallest absolute Gasteiger partial charge is 0.255 e. The Balaban J connectivity index is 1.91. The van der Waals surface area contributed by atoms with E-state index in [1.165, 1.54) is 0 Å². The normalized spacial score (nSPS) is 17.8. The number of hydrogen-bond acceptors (Lipinski definition) is 2. The molecule has 1 fully saturated rings. The van der Waals surface area contributed by atoms with Crippen molar-refractivity contribution in [2.45, 2.75) is 5.37 Å². The van der Waals surface area contributed by atoms with Crippen LogP contribution in [0.25, 0.3) is 0 Å². The predicted octanol–water partition coefficient (Wildman–Crippen LogP) is 5.53. The lowest BCUT2D eigenvalue weighted by Gasteiger charge is -2.24. The lowest BCUT2D eigenvalue weighted by molar-refractivity contribution is 0.0760. The van der Waals surface area contributed by atoms with Gasteiger partial charge in [-0.1, -0.05) is 46.9 Å². The van der Waals surface area contributed by atoms with Gasteiger partial charge in [0.05, 0.1) is 0 Å². The molecule has 0 spiro atoms. The molecule has 1 atom stereocenters. The Kier molecular flexibility index (Phi) is 4.88. The van der Waals surface area contributed by atoms with E-state index < -0.39 is 0 Å². The van der Waals surface area contributed by atoms with Gasteiger partial charge in [0.25, 0.3) is 5.91 Å². The minimum absolute atomic E-state index is 0.0380. The highest BCUT2D eigenvalue weighted by atomic mass is 35.5. The van der Waals surface area contributed by atoms with Gasteiger partial charge in [-0.2, -0.15) is 0 Å². The second kappa shape index (κ2) is 6.71. The van der Waals surface area contributed by atoms with Crippen LogP contribution in [0.15, 0.2) is 42.5 Å². The van der Waals surface area contributed by atoms with E-state index in [1.807, 2.05) is 29.2 Å². The molecule has 0 saturated carbocycles. The topological polar surface area (TPSA) is 20.3 Å². The number of nitrogens with zero attached hydrogens (tertiary/aromatic N) is 1. The Morgan fingerprint density at radius 1 is 1.05 bits per heavy atom. The van der Waals surface area contributed by atoms with Crippen molar-refractivity contribution < 1.29 is 4.79 Å². The quantitative estimate of drug-likeness (QED) is 0.690. The van der Waals surface area contributed by atoms with Crippen molar-refractivity contribution in [1.82, 2.24) is 4.90 Å². The minimum Gasteiger partial charge on any atom is -0.322 e. The molecule has 2 aromatic carbocycles. The molecule has 2 aromatic rings. The number of hydrogen-bond donors (Lipinski definition) is 0. The Hall–Kier alpha value is -0.870. The number of carbonyl (C=O) groups excluding carboxylic acids is 1. The molecule has 22 heavy (non-hydrogen) atoms. The molecule has 0 bridgehead atoms. The van der Waals surface area contributed by atoms with Crippen LogP contribution >= 0.6 is 46.6 Å². The summed E-state index contributed by atoms with van der Waals surface area (Å²) in [5.41, 5.74) is 1.53. The van der Waals surface area contributed by atoms with Gasteiger partial charge in [0.2, 0.25) is 0 Å². The summed E-state index contributed by atoms with van der Waals surface area (Å²) in [4.78, 5) is 14.6. The van der Waals surface area contributed by atoms with Gasteiger partial charge < -0.3 is 4.90 Å². The predicted molar refractivity (Wildman–Crippen MR) is 94.1 cm³/mol. The maximum Gasteiger partial charge on any atom is 0.255 e. The fourth-order valence-corrected chi connectivity index (χ4v) is 4.43. The molecule has 1 saturated heterocycles. The number of amides is 1. The largest absolute Gasteiger partial charge is 0.322 e. The highest BCUT2D eigenvalue weighted by molar-refractivity contribution is 7.99. The first kappa shape index (κ1) is 16.0. The molecule has 2 nitrogen and oxygen atoms in total. The van der Waals surface area contributed by atoms with Crippen LogP contribution in [0, 0.1) is 0 Å². The van der Waals surface area contributed by atoms with Crippen LogP contribution in [-0.2, 0) is 0 Å². The molecule has 0 aliphatic carbocycles. The summed E-state index contributed by atoms with van der Waals surface area (Å²) in [6.45, 7) is 0.685. The van der Waals surface area contributed by atoms with E-state index in [-0.39, 0.29) is 11.3 Å². The Bertz CT molecular complexity index is 702. The maximum absolute atomic E-state index is 12.8. The Morgan fingerprint density at radius 3 is 2.45 bits per heavy atom. The number of carbonyl (C=O) groups is 1. The molecule has 0 aromatic heterocycles. The Morgan fingerprint density at radius 2 is 1.77 bits per heavy atom. The molecule has 6 heteroatoms. The van der Waals surface area contributed by atoms with E-state index in [1.54, 1.807) is 30.0 Å². The van der Waals surface area contributed by atoms with Crippen molar-refractivity contribution in [3.05, 3.63) is 68.7 Å². The Labute approximate surface area is 148 Å². The van der Waals surface area contributed by atoms with Gasteiger partial charge in [-0.3, -0.25) is 4.79 Å². The fraction of sp³-hybridized carbons (Fsp3) is 0.188. The monoisotopic (exact) mass is 371 g/mol. The van der Waals surface area contributed by atoms with E-state index in [0.717, 1.165) is 11.3 Å². The fourth-order valence-electron chi connectivity index (χ4n) is 2.46. The molecule has 0 N–H and O–H groups in total. The van der Waals surface area contributed by atoms with Crippen LogP contribution in [0.5, 0.6) is 0 Å². The van der Waals surface area contributed by atoms with Crippen molar-refractivity contribution in [3.8, 4) is 0 Å². The van der Waals surface area contributed by atoms with Crippen LogP contribution in [0.1, 0.15) is 21.3 Å². The van der Waals surface area contributed by atoms with E-state index in [9.17, 15) is 4.79 Å². The summed E-state index contributed by atoms with van der Waals surface area (Å²) in [6, 6.07) is 12.5. The van der Waals surface area contributed by atoms with E-state index in [2.05, 4.69) is 0 Å². The molecule has 1 unspecified atom stereocenters. The van der Waals surface area contributed by atoms with Crippen LogP contribution in [0.3, 0.4) is 0 Å². The highest BCUT2D eigenvalue weighted by Crippen LogP contribution is 2.39. The minimum atomic E-state index is -0.0700. The molecule has 3 rings (SSSR count). The van der Waals surface area contributed by atoms with Gasteiger partial charge in [-0.25, -0.2) is 0 Å². The molecular weight excluding hydrogens is 361 g/mol. The number of rotatable bonds is 2. The van der Waals surface area contributed by atoms with Gasteiger partial charge in [0, 0.05) is 32.9 Å². The van der Waals surface area contributed by atoms with Crippen molar-refractivity contribution in [2.75, 3.05) is 12.3 Å². The van der Waals surface area contributed by atoms with Crippen LogP contribution < -0.4 is 0 Å². The second-order valence-corrected chi connectivity index (χ2v) is 7.43. The van der Waals surface area contributed by atoms with Gasteiger partial charge in [-0.05, 0) is 35.9 Å². The summed E-state index contributed by atoms with van der Waals surface area (Å²) >= 11 is 19.8. The second-order valence-electron chi connectivity index (χ2n) is 4.93. The van der Waals surface area contributed by atoms with Gasteiger partial charge in [-0.15, -0.1) is 11.8 Å². The first-order chi connectivity index (χ1) is 10.5.